The summed E-state index contributed by atoms with van der Waals surface area (Å²) in [4.78, 5) is 13.2. The topological polar surface area (TPSA) is 29.5 Å². The van der Waals surface area contributed by atoms with Gasteiger partial charge in [-0.3, -0.25) is 4.79 Å². The highest BCUT2D eigenvalue weighted by molar-refractivity contribution is 5.92. The number of rotatable bonds is 3. The van der Waals surface area contributed by atoms with Crippen LogP contribution >= 0.6 is 0 Å². The van der Waals surface area contributed by atoms with Crippen LogP contribution in [0.2, 0.25) is 0 Å². The van der Waals surface area contributed by atoms with Gasteiger partial charge in [-0.25, -0.2) is 0 Å². The maximum absolute atomic E-state index is 11.4. The molecule has 0 unspecified atom stereocenters. The first kappa shape index (κ1) is 11.6. The molecule has 0 aliphatic rings. The number of carbonyl (C=O) groups is 1. The number of carbonyl (C=O) groups excluding carboxylic acids is 1. The third-order valence-electron chi connectivity index (χ3n) is 2.21. The van der Waals surface area contributed by atoms with Crippen LogP contribution in [0.25, 0.3) is 0 Å². The Morgan fingerprint density at radius 3 is 2.13 bits per heavy atom. The van der Waals surface area contributed by atoms with E-state index in [0.29, 0.717) is 0 Å². The van der Waals surface area contributed by atoms with E-state index in [1.807, 2.05) is 38.1 Å². The SMILES string of the molecule is COc1ccc(N(C(C)=O)C(C)C)cc1. The quantitative estimate of drug-likeness (QED) is 0.762. The summed E-state index contributed by atoms with van der Waals surface area (Å²) in [5.74, 6) is 0.848. The van der Waals surface area contributed by atoms with Crippen LogP contribution in [0, 0.1) is 0 Å². The largest absolute Gasteiger partial charge is 0.497 e. The molecular weight excluding hydrogens is 190 g/mol. The average molecular weight is 207 g/mol. The van der Waals surface area contributed by atoms with Crippen LogP contribution in [0.1, 0.15) is 20.8 Å². The number of nitrogens with zero attached hydrogens (tertiary/aromatic N) is 1. The molecule has 0 aliphatic heterocycles. The third-order valence-corrected chi connectivity index (χ3v) is 2.21. The number of benzene rings is 1. The van der Waals surface area contributed by atoms with Crippen molar-refractivity contribution in [2.75, 3.05) is 12.0 Å². The van der Waals surface area contributed by atoms with Crippen LogP contribution in [0.4, 0.5) is 5.69 Å². The lowest BCUT2D eigenvalue weighted by Crippen LogP contribution is -2.34. The van der Waals surface area contributed by atoms with Crippen molar-refractivity contribution in [1.82, 2.24) is 0 Å². The van der Waals surface area contributed by atoms with Crippen molar-refractivity contribution >= 4 is 11.6 Å². The molecule has 3 nitrogen and oxygen atoms in total. The van der Waals surface area contributed by atoms with Crippen LogP contribution < -0.4 is 9.64 Å². The second-order valence-corrected chi connectivity index (χ2v) is 3.68. The van der Waals surface area contributed by atoms with Gasteiger partial charge in [0.15, 0.2) is 0 Å². The summed E-state index contributed by atoms with van der Waals surface area (Å²) in [6.07, 6.45) is 0. The summed E-state index contributed by atoms with van der Waals surface area (Å²) in [5, 5.41) is 0. The molecule has 15 heavy (non-hydrogen) atoms. The molecule has 0 heterocycles. The standard InChI is InChI=1S/C12H17NO2/c1-9(2)13(10(3)14)11-5-7-12(15-4)8-6-11/h5-9H,1-4H3. The summed E-state index contributed by atoms with van der Waals surface area (Å²) in [6.45, 7) is 5.56. The zero-order chi connectivity index (χ0) is 11.4. The average Bonchev–Trinajstić information content (AvgIpc) is 2.18. The zero-order valence-corrected chi connectivity index (χ0v) is 9.65. The molecule has 0 saturated carbocycles. The van der Waals surface area contributed by atoms with Gasteiger partial charge in [0.2, 0.25) is 5.91 Å². The molecule has 0 spiro atoms. The van der Waals surface area contributed by atoms with Gasteiger partial charge in [0, 0.05) is 18.7 Å². The monoisotopic (exact) mass is 207 g/mol. The molecule has 1 aromatic carbocycles. The van der Waals surface area contributed by atoms with Crippen molar-refractivity contribution in [3.8, 4) is 5.75 Å². The van der Waals surface area contributed by atoms with Crippen LogP contribution in [-0.2, 0) is 4.79 Å². The summed E-state index contributed by atoms with van der Waals surface area (Å²) in [6, 6.07) is 7.65. The highest BCUT2D eigenvalue weighted by atomic mass is 16.5. The van der Waals surface area contributed by atoms with E-state index in [2.05, 4.69) is 0 Å². The van der Waals surface area contributed by atoms with Gasteiger partial charge in [-0.1, -0.05) is 0 Å². The van der Waals surface area contributed by atoms with E-state index in [1.54, 1.807) is 18.9 Å². The number of hydrogen-bond donors (Lipinski definition) is 0. The van der Waals surface area contributed by atoms with Crippen LogP contribution in [-0.4, -0.2) is 19.1 Å². The fourth-order valence-electron chi connectivity index (χ4n) is 1.59. The normalized spacial score (nSPS) is 10.2. The molecule has 0 atom stereocenters. The predicted molar refractivity (Wildman–Crippen MR) is 61.3 cm³/mol. The molecule has 1 rings (SSSR count). The van der Waals surface area contributed by atoms with Crippen molar-refractivity contribution in [2.24, 2.45) is 0 Å². The van der Waals surface area contributed by atoms with E-state index in [9.17, 15) is 4.79 Å². The van der Waals surface area contributed by atoms with Gasteiger partial charge >= 0.3 is 0 Å². The molecular formula is C12H17NO2. The Morgan fingerprint density at radius 1 is 1.27 bits per heavy atom. The molecule has 0 saturated heterocycles. The van der Waals surface area contributed by atoms with Gasteiger partial charge in [0.05, 0.1) is 7.11 Å². The molecule has 0 N–H and O–H groups in total. The minimum absolute atomic E-state index is 0.0511. The van der Waals surface area contributed by atoms with Crippen molar-refractivity contribution in [3.63, 3.8) is 0 Å². The fraction of sp³-hybridized carbons (Fsp3) is 0.417. The molecule has 1 aromatic rings. The molecule has 0 bridgehead atoms. The number of methoxy groups -OCH3 is 1. The summed E-state index contributed by atoms with van der Waals surface area (Å²) in [5.41, 5.74) is 0.901. The fourth-order valence-corrected chi connectivity index (χ4v) is 1.59. The second-order valence-electron chi connectivity index (χ2n) is 3.68. The van der Waals surface area contributed by atoms with Gasteiger partial charge in [0.1, 0.15) is 5.75 Å². The molecule has 0 aromatic heterocycles. The first-order chi connectivity index (χ1) is 7.06. The zero-order valence-electron chi connectivity index (χ0n) is 9.65. The number of ether oxygens (including phenoxy) is 1. The second kappa shape index (κ2) is 4.82. The first-order valence-corrected chi connectivity index (χ1v) is 5.00. The lowest BCUT2D eigenvalue weighted by Gasteiger charge is -2.25. The minimum atomic E-state index is 0.0511. The van der Waals surface area contributed by atoms with E-state index < -0.39 is 0 Å². The number of hydrogen-bond acceptors (Lipinski definition) is 2. The lowest BCUT2D eigenvalue weighted by atomic mass is 10.2. The molecule has 3 heteroatoms. The van der Waals surface area contributed by atoms with Gasteiger partial charge in [-0.15, -0.1) is 0 Å². The van der Waals surface area contributed by atoms with Crippen molar-refractivity contribution < 1.29 is 9.53 Å². The van der Waals surface area contributed by atoms with Gasteiger partial charge in [-0.05, 0) is 38.1 Å². The molecule has 82 valence electrons. The van der Waals surface area contributed by atoms with Crippen molar-refractivity contribution in [2.45, 2.75) is 26.8 Å². The van der Waals surface area contributed by atoms with Gasteiger partial charge < -0.3 is 9.64 Å². The summed E-state index contributed by atoms with van der Waals surface area (Å²) in [7, 11) is 1.63. The predicted octanol–water partition coefficient (Wildman–Crippen LogP) is 2.46. The Labute approximate surface area is 90.7 Å². The van der Waals surface area contributed by atoms with E-state index in [0.717, 1.165) is 11.4 Å². The summed E-state index contributed by atoms with van der Waals surface area (Å²) >= 11 is 0. The van der Waals surface area contributed by atoms with E-state index >= 15 is 0 Å². The summed E-state index contributed by atoms with van der Waals surface area (Å²) < 4.78 is 5.07. The Balaban J connectivity index is 2.97. The lowest BCUT2D eigenvalue weighted by molar-refractivity contribution is -0.116. The Bertz CT molecular complexity index is 330. The molecule has 1 amide bonds. The minimum Gasteiger partial charge on any atom is -0.497 e. The van der Waals surface area contributed by atoms with Crippen molar-refractivity contribution in [3.05, 3.63) is 24.3 Å². The Kier molecular flexibility index (Phi) is 3.72. The maximum atomic E-state index is 11.4. The molecule has 0 aliphatic carbocycles. The highest BCUT2D eigenvalue weighted by Crippen LogP contribution is 2.21. The van der Waals surface area contributed by atoms with Gasteiger partial charge in [-0.2, -0.15) is 0 Å². The Hall–Kier alpha value is -1.51. The van der Waals surface area contributed by atoms with Crippen molar-refractivity contribution in [1.29, 1.82) is 0 Å². The third kappa shape index (κ3) is 2.72. The highest BCUT2D eigenvalue weighted by Gasteiger charge is 2.14. The molecule has 0 radical (unpaired) electrons. The maximum Gasteiger partial charge on any atom is 0.224 e. The molecule has 0 fully saturated rings. The van der Waals surface area contributed by atoms with Gasteiger partial charge in [0.25, 0.3) is 0 Å². The number of anilines is 1. The van der Waals surface area contributed by atoms with Crippen LogP contribution in [0.3, 0.4) is 0 Å². The van der Waals surface area contributed by atoms with Crippen LogP contribution in [0.5, 0.6) is 5.75 Å². The first-order valence-electron chi connectivity index (χ1n) is 5.00. The van der Waals surface area contributed by atoms with E-state index in [-0.39, 0.29) is 11.9 Å². The van der Waals surface area contributed by atoms with E-state index in [1.165, 1.54) is 0 Å². The number of amides is 1. The Morgan fingerprint density at radius 2 is 1.80 bits per heavy atom. The van der Waals surface area contributed by atoms with E-state index in [4.69, 9.17) is 4.74 Å². The smallest absolute Gasteiger partial charge is 0.224 e. The van der Waals surface area contributed by atoms with Crippen LogP contribution in [0.15, 0.2) is 24.3 Å².